The first-order chi connectivity index (χ1) is 10.5. The molecule has 0 unspecified atom stereocenters. The van der Waals surface area contributed by atoms with E-state index < -0.39 is 11.9 Å². The topological polar surface area (TPSA) is 89.1 Å². The Balaban J connectivity index is 1.88. The molecule has 0 bridgehead atoms. The van der Waals surface area contributed by atoms with Crippen molar-refractivity contribution in [3.05, 3.63) is 53.3 Å². The molecule has 22 heavy (non-hydrogen) atoms. The van der Waals surface area contributed by atoms with Gasteiger partial charge in [0.25, 0.3) is 0 Å². The highest BCUT2D eigenvalue weighted by atomic mass is 16.7. The van der Waals surface area contributed by atoms with E-state index in [9.17, 15) is 9.59 Å². The molecule has 0 saturated carbocycles. The summed E-state index contributed by atoms with van der Waals surface area (Å²) in [6.07, 6.45) is 1.56. The molecule has 1 aliphatic heterocycles. The maximum atomic E-state index is 11.5. The zero-order valence-electron chi connectivity index (χ0n) is 11.6. The highest BCUT2D eigenvalue weighted by Gasteiger charge is 2.22. The Morgan fingerprint density at radius 2 is 1.91 bits per heavy atom. The van der Waals surface area contributed by atoms with Gasteiger partial charge in [0.15, 0.2) is 0 Å². The van der Waals surface area contributed by atoms with Gasteiger partial charge in [-0.05, 0) is 37.3 Å². The van der Waals surface area contributed by atoms with Gasteiger partial charge in [0, 0.05) is 5.56 Å². The van der Waals surface area contributed by atoms with E-state index in [2.05, 4.69) is 9.99 Å². The molecule has 1 N–H and O–H groups in total. The first-order valence-electron chi connectivity index (χ1n) is 6.46. The highest BCUT2D eigenvalue weighted by Crippen LogP contribution is 2.25. The monoisotopic (exact) mass is 297 g/mol. The number of hydrogen-bond acceptors (Lipinski definition) is 5. The molecular weight excluding hydrogens is 286 g/mol. The third-order valence-electron chi connectivity index (χ3n) is 3.20. The van der Waals surface area contributed by atoms with Gasteiger partial charge in [-0.25, -0.2) is 9.59 Å². The van der Waals surface area contributed by atoms with E-state index in [1.165, 1.54) is 12.1 Å². The molecule has 1 aliphatic rings. The van der Waals surface area contributed by atoms with Crippen LogP contribution in [-0.2, 0) is 9.63 Å². The van der Waals surface area contributed by atoms with Gasteiger partial charge in [0.2, 0.25) is 0 Å². The van der Waals surface area contributed by atoms with Gasteiger partial charge < -0.3 is 14.4 Å². The molecule has 0 amide bonds. The van der Waals surface area contributed by atoms with Crippen LogP contribution in [0.2, 0.25) is 0 Å². The van der Waals surface area contributed by atoms with Crippen molar-refractivity contribution >= 4 is 23.7 Å². The maximum Gasteiger partial charge on any atom is 0.367 e. The number of rotatable bonds is 3. The lowest BCUT2D eigenvalue weighted by Crippen LogP contribution is -2.01. The molecule has 110 valence electrons. The Morgan fingerprint density at radius 1 is 1.18 bits per heavy atom. The Labute approximate surface area is 125 Å². The van der Waals surface area contributed by atoms with Crippen LogP contribution >= 0.6 is 0 Å². The van der Waals surface area contributed by atoms with Crippen LogP contribution in [0.1, 0.15) is 23.0 Å². The van der Waals surface area contributed by atoms with Crippen LogP contribution in [0, 0.1) is 0 Å². The first kappa shape index (κ1) is 13.8. The van der Waals surface area contributed by atoms with Crippen molar-refractivity contribution in [2.24, 2.45) is 5.16 Å². The molecule has 6 nitrogen and oxygen atoms in total. The molecule has 6 heteroatoms. The molecule has 0 saturated heterocycles. The molecule has 3 rings (SSSR count). The Kier molecular flexibility index (Phi) is 3.34. The molecule has 0 spiro atoms. The minimum Gasteiger partial charge on any atom is -0.478 e. The average Bonchev–Trinajstić information content (AvgIpc) is 3.10. The number of carboxylic acid groups (broad SMARTS) is 1. The van der Waals surface area contributed by atoms with Gasteiger partial charge in [-0.3, -0.25) is 0 Å². The van der Waals surface area contributed by atoms with Crippen LogP contribution in [0.5, 0.6) is 0 Å². The molecule has 0 fully saturated rings. The Morgan fingerprint density at radius 3 is 2.50 bits per heavy atom. The van der Waals surface area contributed by atoms with Crippen molar-refractivity contribution in [3.8, 4) is 11.3 Å². The molecule has 1 aromatic carbocycles. The van der Waals surface area contributed by atoms with Crippen LogP contribution in [0.3, 0.4) is 0 Å². The van der Waals surface area contributed by atoms with Gasteiger partial charge >= 0.3 is 11.9 Å². The number of carboxylic acids is 1. The second-order valence-corrected chi connectivity index (χ2v) is 4.70. The summed E-state index contributed by atoms with van der Waals surface area (Å²) in [5.41, 5.74) is 1.79. The molecule has 0 radical (unpaired) electrons. The zero-order chi connectivity index (χ0) is 15.7. The second-order valence-electron chi connectivity index (χ2n) is 4.70. The summed E-state index contributed by atoms with van der Waals surface area (Å²) in [5.74, 6) is -0.433. The number of aromatic carboxylic acids is 1. The summed E-state index contributed by atoms with van der Waals surface area (Å²) >= 11 is 0. The number of benzene rings is 1. The minimum absolute atomic E-state index is 0.207. The third kappa shape index (κ3) is 2.54. The fraction of sp³-hybridized carbons (Fsp3) is 0.0625. The first-order valence-corrected chi connectivity index (χ1v) is 6.46. The maximum absolute atomic E-state index is 11.5. The van der Waals surface area contributed by atoms with Crippen LogP contribution in [0.15, 0.2) is 51.5 Å². The molecule has 2 heterocycles. The van der Waals surface area contributed by atoms with Crippen molar-refractivity contribution in [1.82, 2.24) is 0 Å². The number of furan rings is 1. The van der Waals surface area contributed by atoms with Gasteiger partial charge in [-0.1, -0.05) is 17.3 Å². The van der Waals surface area contributed by atoms with Crippen LogP contribution in [0.4, 0.5) is 0 Å². The number of carbonyl (C=O) groups is 2. The van der Waals surface area contributed by atoms with Crippen molar-refractivity contribution < 1.29 is 24.0 Å². The fourth-order valence-electron chi connectivity index (χ4n) is 2.02. The van der Waals surface area contributed by atoms with E-state index in [1.807, 2.05) is 0 Å². The van der Waals surface area contributed by atoms with Crippen LogP contribution in [-0.4, -0.2) is 22.8 Å². The van der Waals surface area contributed by atoms with Gasteiger partial charge in [0.05, 0.1) is 16.8 Å². The third-order valence-corrected chi connectivity index (χ3v) is 3.20. The summed E-state index contributed by atoms with van der Waals surface area (Å²) in [6, 6.07) is 9.79. The van der Waals surface area contributed by atoms with E-state index in [0.717, 1.165) is 5.56 Å². The average molecular weight is 297 g/mol. The molecular formula is C16H11NO5. The normalized spacial score (nSPS) is 15.8. The Hall–Kier alpha value is -3.15. The van der Waals surface area contributed by atoms with E-state index in [0.29, 0.717) is 22.8 Å². The molecule has 1 aromatic heterocycles. The SMILES string of the molecule is CC1=NOC(=O)/C1=C/c1ccc(-c2ccc(C(=O)O)cc2)o1. The largest absolute Gasteiger partial charge is 0.478 e. The molecule has 0 aliphatic carbocycles. The summed E-state index contributed by atoms with van der Waals surface area (Å²) in [4.78, 5) is 26.8. The predicted molar refractivity (Wildman–Crippen MR) is 78.3 cm³/mol. The smallest absolute Gasteiger partial charge is 0.367 e. The number of nitrogens with zero attached hydrogens (tertiary/aromatic N) is 1. The number of carbonyl (C=O) groups excluding carboxylic acids is 1. The van der Waals surface area contributed by atoms with E-state index in [-0.39, 0.29) is 5.56 Å². The minimum atomic E-state index is -0.981. The van der Waals surface area contributed by atoms with E-state index >= 15 is 0 Å². The van der Waals surface area contributed by atoms with Gasteiger partial charge in [0.1, 0.15) is 11.5 Å². The van der Waals surface area contributed by atoms with Crippen molar-refractivity contribution in [2.45, 2.75) is 6.92 Å². The fourth-order valence-corrected chi connectivity index (χ4v) is 2.02. The van der Waals surface area contributed by atoms with Crippen LogP contribution in [0.25, 0.3) is 17.4 Å². The highest BCUT2D eigenvalue weighted by molar-refractivity contribution is 6.24. The molecule has 0 atom stereocenters. The van der Waals surface area contributed by atoms with Crippen LogP contribution < -0.4 is 0 Å². The standard InChI is InChI=1S/C16H11NO5/c1-9-13(16(20)22-17-9)8-12-6-7-14(21-12)10-2-4-11(5-3-10)15(18)19/h2-8H,1H3,(H,18,19)/b13-8+. The van der Waals surface area contributed by atoms with Crippen molar-refractivity contribution in [2.75, 3.05) is 0 Å². The summed E-state index contributed by atoms with van der Waals surface area (Å²) in [5, 5.41) is 12.5. The quantitative estimate of drug-likeness (QED) is 0.695. The number of hydrogen-bond donors (Lipinski definition) is 1. The lowest BCUT2D eigenvalue weighted by atomic mass is 10.1. The van der Waals surface area contributed by atoms with Gasteiger partial charge in [-0.15, -0.1) is 0 Å². The predicted octanol–water partition coefficient (Wildman–Crippen LogP) is 2.96. The van der Waals surface area contributed by atoms with Crippen molar-refractivity contribution in [3.63, 3.8) is 0 Å². The van der Waals surface area contributed by atoms with E-state index in [4.69, 9.17) is 9.52 Å². The lowest BCUT2D eigenvalue weighted by Gasteiger charge is -1.98. The van der Waals surface area contributed by atoms with E-state index in [1.54, 1.807) is 37.3 Å². The summed E-state index contributed by atoms with van der Waals surface area (Å²) < 4.78 is 5.64. The van der Waals surface area contributed by atoms with Crippen molar-refractivity contribution in [1.29, 1.82) is 0 Å². The Bertz CT molecular complexity index is 811. The second kappa shape index (κ2) is 5.33. The summed E-state index contributed by atoms with van der Waals surface area (Å²) in [7, 11) is 0. The lowest BCUT2D eigenvalue weighted by molar-refractivity contribution is -0.136. The number of oxime groups is 1. The molecule has 2 aromatic rings. The zero-order valence-corrected chi connectivity index (χ0v) is 11.6. The summed E-state index contributed by atoms with van der Waals surface area (Å²) in [6.45, 7) is 1.67. The van der Waals surface area contributed by atoms with Gasteiger partial charge in [-0.2, -0.15) is 0 Å².